The number of fused-ring (bicyclic) bond motifs is 1. The lowest BCUT2D eigenvalue weighted by atomic mass is 10.1. The summed E-state index contributed by atoms with van der Waals surface area (Å²) in [4.78, 5) is 30.1. The average Bonchev–Trinajstić information content (AvgIpc) is 2.97. The van der Waals surface area contributed by atoms with Gasteiger partial charge in [0.15, 0.2) is 12.3 Å². The monoisotopic (exact) mass is 395 g/mol. The van der Waals surface area contributed by atoms with Crippen molar-refractivity contribution in [1.82, 2.24) is 19.7 Å². The summed E-state index contributed by atoms with van der Waals surface area (Å²) in [6.45, 7) is 5.62. The summed E-state index contributed by atoms with van der Waals surface area (Å²) in [5.41, 5.74) is 4.10. The Morgan fingerprint density at radius 2 is 1.97 bits per heavy atom. The van der Waals surface area contributed by atoms with Crippen molar-refractivity contribution in [2.24, 2.45) is 7.05 Å². The zero-order chi connectivity index (χ0) is 21.1. The van der Waals surface area contributed by atoms with Crippen LogP contribution in [0.4, 0.5) is 5.69 Å². The number of anilines is 1. The number of rotatable bonds is 6. The molecule has 2 amide bonds. The molecule has 0 fully saturated rings. The molecule has 0 radical (unpaired) electrons. The maximum Gasteiger partial charge on any atom is 0.262 e. The quantitative estimate of drug-likeness (QED) is 0.693. The van der Waals surface area contributed by atoms with Crippen LogP contribution in [-0.2, 0) is 23.2 Å². The minimum Gasteiger partial charge on any atom is -0.466 e. The molecule has 0 bridgehead atoms. The summed E-state index contributed by atoms with van der Waals surface area (Å²) < 4.78 is 7.35. The highest BCUT2D eigenvalue weighted by atomic mass is 16.5. The fourth-order valence-corrected chi connectivity index (χ4v) is 3.12. The van der Waals surface area contributed by atoms with E-state index in [1.807, 2.05) is 38.1 Å². The number of hydrogen-bond donors (Lipinski definition) is 1. The summed E-state index contributed by atoms with van der Waals surface area (Å²) in [6, 6.07) is 9.33. The van der Waals surface area contributed by atoms with Crippen molar-refractivity contribution < 1.29 is 14.3 Å². The third kappa shape index (κ3) is 4.53. The van der Waals surface area contributed by atoms with E-state index in [1.165, 1.54) is 6.92 Å². The van der Waals surface area contributed by atoms with Crippen LogP contribution in [0.2, 0.25) is 0 Å². The van der Waals surface area contributed by atoms with E-state index >= 15 is 0 Å². The van der Waals surface area contributed by atoms with Crippen LogP contribution in [0.1, 0.15) is 23.7 Å². The Morgan fingerprint density at radius 1 is 1.24 bits per heavy atom. The Balaban J connectivity index is 1.72. The van der Waals surface area contributed by atoms with Crippen LogP contribution >= 0.6 is 0 Å². The van der Waals surface area contributed by atoms with Gasteiger partial charge in [-0.15, -0.1) is 5.10 Å². The third-order valence-corrected chi connectivity index (χ3v) is 4.66. The minimum absolute atomic E-state index is 0.0456. The van der Waals surface area contributed by atoms with Gasteiger partial charge in [-0.25, -0.2) is 9.67 Å². The fraction of sp³-hybridized carbons (Fsp3) is 0.333. The lowest BCUT2D eigenvalue weighted by Gasteiger charge is -2.17. The molecule has 2 aromatic heterocycles. The standard InChI is InChI=1S/C21H25N5O3/c1-13-10-14(2)22-20-19(13)21(24-26(20)5)29-12-18(28)23-17-9-7-6-8-16(17)11-25(4)15(3)27/h6-10H,11-12H2,1-5H3,(H,23,28). The summed E-state index contributed by atoms with van der Waals surface area (Å²) >= 11 is 0. The van der Waals surface area contributed by atoms with E-state index < -0.39 is 0 Å². The van der Waals surface area contributed by atoms with Gasteiger partial charge in [0.2, 0.25) is 11.8 Å². The third-order valence-electron chi connectivity index (χ3n) is 4.66. The number of para-hydroxylation sites is 1. The van der Waals surface area contributed by atoms with Crippen molar-refractivity contribution in [2.45, 2.75) is 27.3 Å². The second-order valence-corrected chi connectivity index (χ2v) is 7.08. The molecule has 0 saturated heterocycles. The predicted molar refractivity (Wildman–Crippen MR) is 111 cm³/mol. The Bertz CT molecular complexity index is 1070. The summed E-state index contributed by atoms with van der Waals surface area (Å²) in [6.07, 6.45) is 0. The van der Waals surface area contributed by atoms with Gasteiger partial charge in [-0.2, -0.15) is 0 Å². The van der Waals surface area contributed by atoms with E-state index in [2.05, 4.69) is 15.4 Å². The van der Waals surface area contributed by atoms with Crippen LogP contribution in [0.15, 0.2) is 30.3 Å². The molecule has 8 heteroatoms. The number of ether oxygens (including phenoxy) is 1. The van der Waals surface area contributed by atoms with E-state index in [4.69, 9.17) is 4.74 Å². The van der Waals surface area contributed by atoms with E-state index in [0.717, 1.165) is 27.9 Å². The second kappa shape index (κ2) is 8.30. The van der Waals surface area contributed by atoms with Gasteiger partial charge in [0, 0.05) is 38.9 Å². The summed E-state index contributed by atoms with van der Waals surface area (Å²) in [7, 11) is 3.51. The van der Waals surface area contributed by atoms with Crippen molar-refractivity contribution in [1.29, 1.82) is 0 Å². The molecule has 0 atom stereocenters. The van der Waals surface area contributed by atoms with Crippen LogP contribution in [-0.4, -0.2) is 45.1 Å². The lowest BCUT2D eigenvalue weighted by molar-refractivity contribution is -0.128. The smallest absolute Gasteiger partial charge is 0.262 e. The molecule has 0 unspecified atom stereocenters. The predicted octanol–water partition coefficient (Wildman–Crippen LogP) is 2.58. The number of aryl methyl sites for hydroxylation is 3. The van der Waals surface area contributed by atoms with E-state index in [-0.39, 0.29) is 18.4 Å². The zero-order valence-corrected chi connectivity index (χ0v) is 17.3. The van der Waals surface area contributed by atoms with Gasteiger partial charge in [0.05, 0.1) is 5.39 Å². The minimum atomic E-state index is -0.306. The lowest BCUT2D eigenvalue weighted by Crippen LogP contribution is -2.25. The SMILES string of the molecule is CC(=O)N(C)Cc1ccccc1NC(=O)COc1nn(C)c2nc(C)cc(C)c12. The first-order valence-electron chi connectivity index (χ1n) is 9.29. The number of carbonyl (C=O) groups excluding carboxylic acids is 2. The van der Waals surface area contributed by atoms with Gasteiger partial charge in [-0.05, 0) is 37.1 Å². The molecule has 0 saturated carbocycles. The maximum absolute atomic E-state index is 12.5. The molecule has 8 nitrogen and oxygen atoms in total. The highest BCUT2D eigenvalue weighted by Crippen LogP contribution is 2.27. The highest BCUT2D eigenvalue weighted by molar-refractivity contribution is 5.93. The molecule has 0 spiro atoms. The largest absolute Gasteiger partial charge is 0.466 e. The molecule has 2 heterocycles. The number of benzene rings is 1. The number of nitrogens with zero attached hydrogens (tertiary/aromatic N) is 4. The number of pyridine rings is 1. The first kappa shape index (κ1) is 20.3. The number of carbonyl (C=O) groups is 2. The molecule has 1 aromatic carbocycles. The molecule has 3 rings (SSSR count). The first-order chi connectivity index (χ1) is 13.8. The Labute approximate surface area is 169 Å². The van der Waals surface area contributed by atoms with Gasteiger partial charge in [0.1, 0.15) is 0 Å². The van der Waals surface area contributed by atoms with Crippen molar-refractivity contribution in [3.05, 3.63) is 47.2 Å². The average molecular weight is 395 g/mol. The van der Waals surface area contributed by atoms with Crippen LogP contribution in [0, 0.1) is 13.8 Å². The molecular weight excluding hydrogens is 370 g/mol. The molecule has 3 aromatic rings. The van der Waals surface area contributed by atoms with Crippen LogP contribution < -0.4 is 10.1 Å². The van der Waals surface area contributed by atoms with Crippen molar-refractivity contribution in [3.8, 4) is 5.88 Å². The van der Waals surface area contributed by atoms with Gasteiger partial charge in [0.25, 0.3) is 5.91 Å². The molecular formula is C21H25N5O3. The van der Waals surface area contributed by atoms with E-state index in [9.17, 15) is 9.59 Å². The van der Waals surface area contributed by atoms with Gasteiger partial charge in [-0.1, -0.05) is 18.2 Å². The molecule has 0 aliphatic rings. The molecule has 152 valence electrons. The normalized spacial score (nSPS) is 10.8. The number of amides is 2. The Kier molecular flexibility index (Phi) is 5.81. The Morgan fingerprint density at radius 3 is 2.69 bits per heavy atom. The van der Waals surface area contributed by atoms with E-state index in [1.54, 1.807) is 29.7 Å². The molecule has 0 aliphatic heterocycles. The zero-order valence-electron chi connectivity index (χ0n) is 17.3. The topological polar surface area (TPSA) is 89.4 Å². The highest BCUT2D eigenvalue weighted by Gasteiger charge is 2.16. The summed E-state index contributed by atoms with van der Waals surface area (Å²) in [5.74, 6) is 0.0300. The van der Waals surface area contributed by atoms with E-state index in [0.29, 0.717) is 18.1 Å². The molecule has 0 aliphatic carbocycles. The van der Waals surface area contributed by atoms with Gasteiger partial charge >= 0.3 is 0 Å². The molecule has 29 heavy (non-hydrogen) atoms. The second-order valence-electron chi connectivity index (χ2n) is 7.08. The van der Waals surface area contributed by atoms with Crippen LogP contribution in [0.5, 0.6) is 5.88 Å². The number of hydrogen-bond acceptors (Lipinski definition) is 5. The number of nitrogens with one attached hydrogen (secondary N) is 1. The van der Waals surface area contributed by atoms with Crippen molar-refractivity contribution >= 4 is 28.5 Å². The number of aromatic nitrogens is 3. The van der Waals surface area contributed by atoms with Crippen LogP contribution in [0.25, 0.3) is 11.0 Å². The summed E-state index contributed by atoms with van der Waals surface area (Å²) in [5, 5.41) is 8.01. The van der Waals surface area contributed by atoms with Crippen LogP contribution in [0.3, 0.4) is 0 Å². The van der Waals surface area contributed by atoms with Crippen molar-refractivity contribution in [2.75, 3.05) is 19.0 Å². The first-order valence-corrected chi connectivity index (χ1v) is 9.29. The fourth-order valence-electron chi connectivity index (χ4n) is 3.12. The molecule has 1 N–H and O–H groups in total. The van der Waals surface area contributed by atoms with Gasteiger partial charge in [-0.3, -0.25) is 9.59 Å². The maximum atomic E-state index is 12.5. The van der Waals surface area contributed by atoms with Crippen molar-refractivity contribution in [3.63, 3.8) is 0 Å². The van der Waals surface area contributed by atoms with Gasteiger partial charge < -0.3 is 15.0 Å². The Hall–Kier alpha value is -3.42.